The maximum Gasteiger partial charge on any atom is 0.254 e. The van der Waals surface area contributed by atoms with Crippen molar-refractivity contribution in [2.45, 2.75) is 0 Å². The van der Waals surface area contributed by atoms with Gasteiger partial charge in [0, 0.05) is 42.3 Å². The van der Waals surface area contributed by atoms with Crippen molar-refractivity contribution in [3.8, 4) is 0 Å². The van der Waals surface area contributed by atoms with Crippen LogP contribution in [0.4, 0.5) is 0 Å². The van der Waals surface area contributed by atoms with E-state index in [9.17, 15) is 9.59 Å². The standard InChI is InChI=1S/C18H15Cl3N2O2/c19-14-3-1-2-12(10-14)17(24)22-6-8-23(9-7-22)18(25)13-4-5-15(20)16(21)11-13/h1-5,10-11H,6-9H2. The second kappa shape index (κ2) is 7.65. The molecule has 1 heterocycles. The highest BCUT2D eigenvalue weighted by Gasteiger charge is 2.25. The van der Waals surface area contributed by atoms with Gasteiger partial charge in [0.1, 0.15) is 0 Å². The molecule has 1 aliphatic rings. The molecule has 1 aliphatic heterocycles. The summed E-state index contributed by atoms with van der Waals surface area (Å²) in [5.74, 6) is -0.197. The molecule has 0 atom stereocenters. The van der Waals surface area contributed by atoms with Crippen molar-refractivity contribution in [2.24, 2.45) is 0 Å². The van der Waals surface area contributed by atoms with E-state index in [-0.39, 0.29) is 11.8 Å². The summed E-state index contributed by atoms with van der Waals surface area (Å²) in [5.41, 5.74) is 1.04. The zero-order valence-corrected chi connectivity index (χ0v) is 15.5. The van der Waals surface area contributed by atoms with Crippen LogP contribution in [-0.4, -0.2) is 47.8 Å². The molecule has 2 aromatic rings. The van der Waals surface area contributed by atoms with Crippen molar-refractivity contribution in [2.75, 3.05) is 26.2 Å². The third kappa shape index (κ3) is 4.09. The number of amides is 2. The first-order chi connectivity index (χ1) is 12.0. The number of carbonyl (C=O) groups excluding carboxylic acids is 2. The molecule has 7 heteroatoms. The summed E-state index contributed by atoms with van der Waals surface area (Å²) in [6.07, 6.45) is 0. The molecular formula is C18H15Cl3N2O2. The number of carbonyl (C=O) groups is 2. The highest BCUT2D eigenvalue weighted by atomic mass is 35.5. The third-order valence-electron chi connectivity index (χ3n) is 4.09. The second-order valence-electron chi connectivity index (χ2n) is 5.72. The molecule has 0 radical (unpaired) electrons. The highest BCUT2D eigenvalue weighted by molar-refractivity contribution is 6.42. The summed E-state index contributed by atoms with van der Waals surface area (Å²) < 4.78 is 0. The molecule has 3 rings (SSSR count). The lowest BCUT2D eigenvalue weighted by molar-refractivity contribution is 0.0535. The number of hydrogen-bond donors (Lipinski definition) is 0. The van der Waals surface area contributed by atoms with E-state index in [0.717, 1.165) is 0 Å². The molecule has 0 unspecified atom stereocenters. The Morgan fingerprint density at radius 3 is 1.80 bits per heavy atom. The Bertz CT molecular complexity index is 818. The Labute approximate surface area is 160 Å². The van der Waals surface area contributed by atoms with Gasteiger partial charge in [-0.2, -0.15) is 0 Å². The van der Waals surface area contributed by atoms with Crippen LogP contribution in [0, 0.1) is 0 Å². The average molecular weight is 398 g/mol. The van der Waals surface area contributed by atoms with E-state index in [0.29, 0.717) is 52.4 Å². The predicted octanol–water partition coefficient (Wildman–Crippen LogP) is 4.25. The van der Waals surface area contributed by atoms with E-state index in [4.69, 9.17) is 34.8 Å². The van der Waals surface area contributed by atoms with Gasteiger partial charge in [0.2, 0.25) is 0 Å². The summed E-state index contributed by atoms with van der Waals surface area (Å²) in [6, 6.07) is 11.7. The largest absolute Gasteiger partial charge is 0.335 e. The van der Waals surface area contributed by atoms with Crippen LogP contribution < -0.4 is 0 Å². The zero-order chi connectivity index (χ0) is 18.0. The summed E-state index contributed by atoms with van der Waals surface area (Å²) >= 11 is 17.8. The van der Waals surface area contributed by atoms with Gasteiger partial charge >= 0.3 is 0 Å². The van der Waals surface area contributed by atoms with E-state index in [2.05, 4.69) is 0 Å². The SMILES string of the molecule is O=C(c1cccc(Cl)c1)N1CCN(C(=O)c2ccc(Cl)c(Cl)c2)CC1. The van der Waals surface area contributed by atoms with Gasteiger partial charge in [-0.3, -0.25) is 9.59 Å². The quantitative estimate of drug-likeness (QED) is 0.760. The fraction of sp³-hybridized carbons (Fsp3) is 0.222. The molecule has 0 saturated carbocycles. The van der Waals surface area contributed by atoms with Gasteiger partial charge in [-0.05, 0) is 36.4 Å². The van der Waals surface area contributed by atoms with Gasteiger partial charge in [0.15, 0.2) is 0 Å². The molecule has 1 fully saturated rings. The van der Waals surface area contributed by atoms with Crippen molar-refractivity contribution in [1.29, 1.82) is 0 Å². The average Bonchev–Trinajstić information content (AvgIpc) is 2.63. The van der Waals surface area contributed by atoms with Crippen molar-refractivity contribution >= 4 is 46.6 Å². The van der Waals surface area contributed by atoms with E-state index in [1.54, 1.807) is 52.3 Å². The Balaban J connectivity index is 1.64. The van der Waals surface area contributed by atoms with Crippen molar-refractivity contribution in [1.82, 2.24) is 9.80 Å². The van der Waals surface area contributed by atoms with Crippen LogP contribution in [0.25, 0.3) is 0 Å². The summed E-state index contributed by atoms with van der Waals surface area (Å²) in [5, 5.41) is 1.29. The van der Waals surface area contributed by atoms with E-state index < -0.39 is 0 Å². The molecule has 0 bridgehead atoms. The fourth-order valence-electron chi connectivity index (χ4n) is 2.73. The molecule has 0 spiro atoms. The number of piperazine rings is 1. The monoisotopic (exact) mass is 396 g/mol. The molecule has 25 heavy (non-hydrogen) atoms. The first-order valence-electron chi connectivity index (χ1n) is 7.75. The number of halogens is 3. The van der Waals surface area contributed by atoms with Crippen LogP contribution in [0.1, 0.15) is 20.7 Å². The van der Waals surface area contributed by atoms with Crippen molar-refractivity contribution in [3.05, 3.63) is 68.7 Å². The lowest BCUT2D eigenvalue weighted by Gasteiger charge is -2.35. The Morgan fingerprint density at radius 2 is 1.28 bits per heavy atom. The van der Waals surface area contributed by atoms with Crippen molar-refractivity contribution in [3.63, 3.8) is 0 Å². The van der Waals surface area contributed by atoms with Gasteiger partial charge in [-0.15, -0.1) is 0 Å². The Hall–Kier alpha value is -1.75. The van der Waals surface area contributed by atoms with Crippen molar-refractivity contribution < 1.29 is 9.59 Å². The second-order valence-corrected chi connectivity index (χ2v) is 6.97. The summed E-state index contributed by atoms with van der Waals surface area (Å²) in [7, 11) is 0. The van der Waals surface area contributed by atoms with Gasteiger partial charge in [-0.25, -0.2) is 0 Å². The number of benzene rings is 2. The minimum absolute atomic E-state index is 0.0795. The number of nitrogens with zero attached hydrogens (tertiary/aromatic N) is 2. The summed E-state index contributed by atoms with van der Waals surface area (Å²) in [6.45, 7) is 1.87. The molecule has 2 aromatic carbocycles. The minimum atomic E-state index is -0.117. The molecular weight excluding hydrogens is 383 g/mol. The molecule has 0 aromatic heterocycles. The van der Waals surface area contributed by atoms with E-state index in [1.165, 1.54) is 0 Å². The van der Waals surface area contributed by atoms with Gasteiger partial charge in [0.25, 0.3) is 11.8 Å². The van der Waals surface area contributed by atoms with Crippen LogP contribution in [0.5, 0.6) is 0 Å². The normalized spacial score (nSPS) is 14.5. The van der Waals surface area contributed by atoms with Gasteiger partial charge in [-0.1, -0.05) is 40.9 Å². The van der Waals surface area contributed by atoms with Crippen LogP contribution in [0.15, 0.2) is 42.5 Å². The zero-order valence-electron chi connectivity index (χ0n) is 13.2. The van der Waals surface area contributed by atoms with Crippen LogP contribution in [0.3, 0.4) is 0 Å². The third-order valence-corrected chi connectivity index (χ3v) is 5.07. The minimum Gasteiger partial charge on any atom is -0.335 e. The fourth-order valence-corrected chi connectivity index (χ4v) is 3.22. The topological polar surface area (TPSA) is 40.6 Å². The maximum atomic E-state index is 12.6. The van der Waals surface area contributed by atoms with Crippen LogP contribution in [-0.2, 0) is 0 Å². The van der Waals surface area contributed by atoms with E-state index >= 15 is 0 Å². The highest BCUT2D eigenvalue weighted by Crippen LogP contribution is 2.23. The lowest BCUT2D eigenvalue weighted by atomic mass is 10.1. The van der Waals surface area contributed by atoms with E-state index in [1.807, 2.05) is 0 Å². The van der Waals surface area contributed by atoms with Crippen LogP contribution in [0.2, 0.25) is 15.1 Å². The number of rotatable bonds is 2. The first-order valence-corrected chi connectivity index (χ1v) is 8.88. The molecule has 2 amide bonds. The Kier molecular flexibility index (Phi) is 5.52. The predicted molar refractivity (Wildman–Crippen MR) is 99.7 cm³/mol. The first kappa shape index (κ1) is 18.1. The smallest absolute Gasteiger partial charge is 0.254 e. The lowest BCUT2D eigenvalue weighted by Crippen LogP contribution is -2.50. The Morgan fingerprint density at radius 1 is 0.720 bits per heavy atom. The van der Waals surface area contributed by atoms with Gasteiger partial charge in [0.05, 0.1) is 10.0 Å². The van der Waals surface area contributed by atoms with Gasteiger partial charge < -0.3 is 9.80 Å². The maximum absolute atomic E-state index is 12.6. The molecule has 0 aliphatic carbocycles. The van der Waals surface area contributed by atoms with Crippen LogP contribution >= 0.6 is 34.8 Å². The molecule has 4 nitrogen and oxygen atoms in total. The molecule has 0 N–H and O–H groups in total. The summed E-state index contributed by atoms with van der Waals surface area (Å²) in [4.78, 5) is 28.5. The molecule has 130 valence electrons. The molecule has 1 saturated heterocycles. The number of hydrogen-bond acceptors (Lipinski definition) is 2.